The van der Waals surface area contributed by atoms with Crippen molar-refractivity contribution >= 4 is 28.2 Å². The average Bonchev–Trinajstić information content (AvgIpc) is 2.92. The molecule has 1 N–H and O–H groups in total. The number of hydrogen-bond donors (Lipinski definition) is 1. The quantitative estimate of drug-likeness (QED) is 0.288. The van der Waals surface area contributed by atoms with Gasteiger partial charge in [-0.3, -0.25) is 4.98 Å². The Morgan fingerprint density at radius 2 is 1.83 bits per heavy atom. The smallest absolute Gasteiger partial charge is 0.103 e. The first-order chi connectivity index (χ1) is 17.4. The van der Waals surface area contributed by atoms with Crippen molar-refractivity contribution in [1.29, 1.82) is 10.5 Å². The van der Waals surface area contributed by atoms with Crippen LogP contribution in [-0.2, 0) is 6.42 Å². The number of pyridine rings is 1. The van der Waals surface area contributed by atoms with E-state index in [4.69, 9.17) is 19.4 Å². The normalized spacial score (nSPS) is 13.5. The summed E-state index contributed by atoms with van der Waals surface area (Å²) in [6.45, 7) is 2.08. The first-order valence-electron chi connectivity index (χ1n) is 11.7. The molecule has 0 spiro atoms. The number of terminal acetylenes is 1. The average molecular weight is 476 g/mol. The van der Waals surface area contributed by atoms with E-state index in [1.54, 1.807) is 30.3 Å². The molecule has 35 heavy (non-hydrogen) atoms. The highest BCUT2D eigenvalue weighted by molar-refractivity contribution is 6.35. The number of fused-ring (bicyclic) bond motifs is 1. The Morgan fingerprint density at radius 1 is 1.06 bits per heavy atom. The molecule has 1 heterocycles. The Kier molecular flexibility index (Phi) is 6.91. The number of nitrogens with zero attached hydrogens (tertiary/aromatic N) is 3. The highest BCUT2D eigenvalue weighted by atomic mass is 35.5. The number of anilines is 1. The Bertz CT molecular complexity index is 1550. The summed E-state index contributed by atoms with van der Waals surface area (Å²) in [7, 11) is 0. The maximum Gasteiger partial charge on any atom is 0.103 e. The van der Waals surface area contributed by atoms with Crippen molar-refractivity contribution in [3.05, 3.63) is 106 Å². The van der Waals surface area contributed by atoms with Gasteiger partial charge in [0.05, 0.1) is 39.5 Å². The highest BCUT2D eigenvalue weighted by Gasteiger charge is 2.18. The van der Waals surface area contributed by atoms with Gasteiger partial charge >= 0.3 is 0 Å². The van der Waals surface area contributed by atoms with Gasteiger partial charge in [0, 0.05) is 18.8 Å². The number of nitriles is 2. The van der Waals surface area contributed by atoms with Crippen LogP contribution in [-0.4, -0.2) is 4.98 Å². The van der Waals surface area contributed by atoms with Crippen molar-refractivity contribution in [2.45, 2.75) is 31.7 Å². The SMILES string of the molecule is [2H][C@@](C#C)(Cc1cc(Cl)c2ncc(C#N)c(N[C@H](CC)c3ccccc3)c2c1)c1cccc(C#N)c1. The van der Waals surface area contributed by atoms with Gasteiger partial charge in [0.25, 0.3) is 0 Å². The van der Waals surface area contributed by atoms with E-state index in [2.05, 4.69) is 35.3 Å². The molecule has 0 aliphatic carbocycles. The number of rotatable bonds is 7. The maximum atomic E-state index is 9.85. The molecule has 3 aromatic carbocycles. The first kappa shape index (κ1) is 22.5. The van der Waals surface area contributed by atoms with Gasteiger partial charge in [0.15, 0.2) is 0 Å². The monoisotopic (exact) mass is 475 g/mol. The van der Waals surface area contributed by atoms with Crippen molar-refractivity contribution < 1.29 is 1.37 Å². The number of aromatic nitrogens is 1. The van der Waals surface area contributed by atoms with Gasteiger partial charge in [-0.05, 0) is 53.8 Å². The van der Waals surface area contributed by atoms with E-state index in [1.807, 2.05) is 36.4 Å². The van der Waals surface area contributed by atoms with E-state index in [9.17, 15) is 10.5 Å². The Labute approximate surface area is 212 Å². The molecule has 0 bridgehead atoms. The van der Waals surface area contributed by atoms with E-state index >= 15 is 0 Å². The molecule has 170 valence electrons. The van der Waals surface area contributed by atoms with Crippen LogP contribution >= 0.6 is 11.6 Å². The summed E-state index contributed by atoms with van der Waals surface area (Å²) in [5.41, 5.74) is 4.44. The minimum Gasteiger partial charge on any atom is -0.377 e. The summed E-state index contributed by atoms with van der Waals surface area (Å²) in [6.07, 6.45) is 8.32. The lowest BCUT2D eigenvalue weighted by Gasteiger charge is -2.21. The number of benzene rings is 3. The molecule has 1 aromatic heterocycles. The third-order valence-electron chi connectivity index (χ3n) is 5.93. The van der Waals surface area contributed by atoms with Crippen molar-refractivity contribution in [2.24, 2.45) is 0 Å². The fraction of sp³-hybridized carbons (Fsp3) is 0.167. The van der Waals surface area contributed by atoms with Gasteiger partial charge < -0.3 is 5.32 Å². The summed E-state index contributed by atoms with van der Waals surface area (Å²) < 4.78 is 9.01. The molecule has 0 aliphatic rings. The van der Waals surface area contributed by atoms with E-state index in [1.165, 1.54) is 6.20 Å². The number of halogens is 1. The molecule has 5 heteroatoms. The van der Waals surface area contributed by atoms with Gasteiger partial charge in [0.1, 0.15) is 6.07 Å². The van der Waals surface area contributed by atoms with Crippen LogP contribution in [0.1, 0.15) is 54.5 Å². The van der Waals surface area contributed by atoms with Crippen LogP contribution in [0.4, 0.5) is 5.69 Å². The second-order valence-electron chi connectivity index (χ2n) is 8.14. The zero-order valence-corrected chi connectivity index (χ0v) is 20.0. The van der Waals surface area contributed by atoms with Crippen LogP contribution in [0.15, 0.2) is 72.9 Å². The first-order valence-corrected chi connectivity index (χ1v) is 11.6. The maximum absolute atomic E-state index is 9.85. The van der Waals surface area contributed by atoms with Crippen molar-refractivity contribution in [3.8, 4) is 24.5 Å². The molecule has 4 rings (SSSR count). The van der Waals surface area contributed by atoms with E-state index in [0.717, 1.165) is 17.5 Å². The molecule has 0 fully saturated rings. The number of nitrogens with one attached hydrogen (secondary N) is 1. The molecule has 0 radical (unpaired) electrons. The summed E-state index contributed by atoms with van der Waals surface area (Å²) in [5, 5.41) is 23.8. The largest absolute Gasteiger partial charge is 0.377 e. The molecular weight excluding hydrogens is 452 g/mol. The lowest BCUT2D eigenvalue weighted by atomic mass is 9.91. The zero-order valence-electron chi connectivity index (χ0n) is 20.2. The van der Waals surface area contributed by atoms with Crippen LogP contribution in [0.2, 0.25) is 5.02 Å². The summed E-state index contributed by atoms with van der Waals surface area (Å²) in [6, 6.07) is 24.8. The predicted molar refractivity (Wildman–Crippen MR) is 141 cm³/mol. The van der Waals surface area contributed by atoms with Crippen molar-refractivity contribution in [3.63, 3.8) is 0 Å². The fourth-order valence-electron chi connectivity index (χ4n) is 4.16. The summed E-state index contributed by atoms with van der Waals surface area (Å²) in [5.74, 6) is 1.18. The second kappa shape index (κ2) is 10.8. The minimum atomic E-state index is -1.41. The van der Waals surface area contributed by atoms with Crippen LogP contribution in [0.25, 0.3) is 10.9 Å². The molecule has 4 aromatic rings. The molecule has 0 aliphatic heterocycles. The van der Waals surface area contributed by atoms with E-state index in [-0.39, 0.29) is 12.5 Å². The van der Waals surface area contributed by atoms with Gasteiger partial charge in [-0.1, -0.05) is 66.9 Å². The predicted octanol–water partition coefficient (Wildman–Crippen LogP) is 7.15. The fourth-order valence-corrected chi connectivity index (χ4v) is 4.45. The Hall–Kier alpha value is -4.30. The van der Waals surface area contributed by atoms with Gasteiger partial charge in [-0.2, -0.15) is 10.5 Å². The Balaban J connectivity index is 1.82. The molecule has 0 saturated carbocycles. The third kappa shape index (κ3) is 5.12. The molecule has 4 nitrogen and oxygen atoms in total. The lowest BCUT2D eigenvalue weighted by molar-refractivity contribution is 0.750. The van der Waals surface area contributed by atoms with E-state index < -0.39 is 5.89 Å². The van der Waals surface area contributed by atoms with Gasteiger partial charge in [0.2, 0.25) is 0 Å². The highest BCUT2D eigenvalue weighted by Crippen LogP contribution is 2.35. The lowest BCUT2D eigenvalue weighted by Crippen LogP contribution is -2.11. The van der Waals surface area contributed by atoms with Crippen LogP contribution < -0.4 is 5.32 Å². The van der Waals surface area contributed by atoms with E-state index in [0.29, 0.717) is 38.3 Å². The van der Waals surface area contributed by atoms with Crippen LogP contribution in [0.5, 0.6) is 0 Å². The zero-order chi connectivity index (χ0) is 25.7. The molecule has 0 unspecified atom stereocenters. The minimum absolute atomic E-state index is 0.0268. The summed E-state index contributed by atoms with van der Waals surface area (Å²) >= 11 is 6.65. The number of hydrogen-bond acceptors (Lipinski definition) is 4. The summed E-state index contributed by atoms with van der Waals surface area (Å²) in [4.78, 5) is 4.44. The molecular formula is C30H23ClN4. The van der Waals surface area contributed by atoms with Crippen molar-refractivity contribution in [1.82, 2.24) is 4.98 Å². The van der Waals surface area contributed by atoms with Crippen LogP contribution in [0, 0.1) is 35.0 Å². The molecule has 0 amide bonds. The molecule has 2 atom stereocenters. The topological polar surface area (TPSA) is 72.5 Å². The third-order valence-corrected chi connectivity index (χ3v) is 6.22. The Morgan fingerprint density at radius 3 is 2.51 bits per heavy atom. The second-order valence-corrected chi connectivity index (χ2v) is 8.55. The molecule has 0 saturated heterocycles. The van der Waals surface area contributed by atoms with Gasteiger partial charge in [-0.15, -0.1) is 6.42 Å². The standard InChI is InChI=1S/C30H23ClN4/c1-3-22(24-12-8-9-20(13-24)17-32)14-21-15-26-29(25(18-33)19-34-30(26)27(31)16-21)35-28(4-2)23-10-6-5-7-11-23/h1,5-13,15-16,19,22,28H,4,14H2,2H3,(H,34,35)/t22-,28-/m1/s1/i22D. The van der Waals surface area contributed by atoms with Crippen molar-refractivity contribution in [2.75, 3.05) is 5.32 Å². The van der Waals surface area contributed by atoms with Gasteiger partial charge in [-0.25, -0.2) is 0 Å². The van der Waals surface area contributed by atoms with Crippen LogP contribution in [0.3, 0.4) is 0 Å².